The van der Waals surface area contributed by atoms with E-state index in [9.17, 15) is 19.7 Å². The minimum Gasteiger partial charge on any atom is -0.494 e. The Morgan fingerprint density at radius 2 is 2.04 bits per heavy atom. The number of nitrogens with zero attached hydrogens (tertiary/aromatic N) is 2. The van der Waals surface area contributed by atoms with Crippen LogP contribution in [0.3, 0.4) is 0 Å². The van der Waals surface area contributed by atoms with Crippen molar-refractivity contribution in [3.05, 3.63) is 33.9 Å². The number of carbonyl (C=O) groups excluding carboxylic acids is 2. The van der Waals surface area contributed by atoms with Gasteiger partial charge in [-0.3, -0.25) is 25.1 Å². The van der Waals surface area contributed by atoms with Gasteiger partial charge in [-0.2, -0.15) is 0 Å². The van der Waals surface area contributed by atoms with Crippen LogP contribution in [0.2, 0.25) is 0 Å². The van der Waals surface area contributed by atoms with Crippen LogP contribution < -0.4 is 10.2 Å². The van der Waals surface area contributed by atoms with Crippen LogP contribution >= 0.6 is 0 Å². The van der Waals surface area contributed by atoms with Crippen LogP contribution in [0.1, 0.15) is 36.5 Å². The number of nitro benzene ring substituents is 1. The van der Waals surface area contributed by atoms with Crippen LogP contribution in [0.15, 0.2) is 18.2 Å². The molecule has 1 saturated heterocycles. The number of nitrogens with one attached hydrogen (secondary N) is 1. The van der Waals surface area contributed by atoms with Gasteiger partial charge in [-0.25, -0.2) is 5.01 Å². The van der Waals surface area contributed by atoms with Crippen LogP contribution in [0.5, 0.6) is 5.75 Å². The molecular formula is C17H23N3O6. The van der Waals surface area contributed by atoms with E-state index in [1.807, 2.05) is 5.01 Å². The molecular weight excluding hydrogens is 342 g/mol. The van der Waals surface area contributed by atoms with Crippen LogP contribution in [-0.4, -0.2) is 54.5 Å². The molecule has 0 bridgehead atoms. The number of nitro groups is 1. The highest BCUT2D eigenvalue weighted by atomic mass is 16.6. The summed E-state index contributed by atoms with van der Waals surface area (Å²) in [6, 6.07) is 4.11. The molecule has 0 unspecified atom stereocenters. The normalized spacial score (nSPS) is 14.7. The second-order valence-corrected chi connectivity index (χ2v) is 5.93. The molecule has 1 aliphatic heterocycles. The first-order valence-electron chi connectivity index (χ1n) is 8.51. The Bertz CT molecular complexity index is 658. The largest absolute Gasteiger partial charge is 0.494 e. The Kier molecular flexibility index (Phi) is 7.49. The summed E-state index contributed by atoms with van der Waals surface area (Å²) in [6.45, 7) is 4.25. The predicted molar refractivity (Wildman–Crippen MR) is 93.0 cm³/mol. The quantitative estimate of drug-likeness (QED) is 0.307. The third-order valence-electron chi connectivity index (χ3n) is 3.90. The molecule has 9 nitrogen and oxygen atoms in total. The number of Topliss-reactive ketones (excluding diaryl/α,β-unsaturated/α-hetero) is 1. The smallest absolute Gasteiger partial charge is 0.280 e. The van der Waals surface area contributed by atoms with Crippen molar-refractivity contribution >= 4 is 17.4 Å². The highest BCUT2D eigenvalue weighted by Crippen LogP contribution is 2.24. The van der Waals surface area contributed by atoms with Crippen molar-refractivity contribution in [2.45, 2.75) is 26.2 Å². The number of morpholine rings is 1. The molecule has 142 valence electrons. The maximum Gasteiger partial charge on any atom is 0.280 e. The molecule has 2 rings (SSSR count). The maximum absolute atomic E-state index is 11.8. The van der Waals surface area contributed by atoms with Gasteiger partial charge in [0.1, 0.15) is 5.75 Å². The first kappa shape index (κ1) is 19.8. The Labute approximate surface area is 151 Å². The zero-order chi connectivity index (χ0) is 18.9. The van der Waals surface area contributed by atoms with E-state index in [0.717, 1.165) is 0 Å². The van der Waals surface area contributed by atoms with E-state index >= 15 is 0 Å². The van der Waals surface area contributed by atoms with Gasteiger partial charge in [-0.05, 0) is 31.9 Å². The van der Waals surface area contributed by atoms with Crippen LogP contribution in [-0.2, 0) is 9.53 Å². The van der Waals surface area contributed by atoms with Gasteiger partial charge in [-0.1, -0.05) is 0 Å². The number of carbonyl (C=O) groups is 2. The minimum absolute atomic E-state index is 0.0254. The fourth-order valence-electron chi connectivity index (χ4n) is 2.53. The SMILES string of the molecule is CC(=O)c1cc(OCCCCC(=O)NN2CCOCC2)ccc1[N+](=O)[O-]. The first-order chi connectivity index (χ1) is 12.5. The van der Waals surface area contributed by atoms with Crippen molar-refractivity contribution in [1.29, 1.82) is 0 Å². The summed E-state index contributed by atoms with van der Waals surface area (Å²) >= 11 is 0. The number of unbranched alkanes of at least 4 members (excludes halogenated alkanes) is 1. The van der Waals surface area contributed by atoms with Crippen molar-refractivity contribution in [1.82, 2.24) is 10.4 Å². The van der Waals surface area contributed by atoms with Crippen molar-refractivity contribution < 1.29 is 24.0 Å². The molecule has 1 aliphatic rings. The molecule has 0 aromatic heterocycles. The summed E-state index contributed by atoms with van der Waals surface area (Å²) in [6.07, 6.45) is 1.70. The molecule has 9 heteroatoms. The summed E-state index contributed by atoms with van der Waals surface area (Å²) in [5.74, 6) is -0.0263. The lowest BCUT2D eigenvalue weighted by Crippen LogP contribution is -2.48. The molecule has 0 radical (unpaired) electrons. The molecule has 0 saturated carbocycles. The highest BCUT2D eigenvalue weighted by Gasteiger charge is 2.18. The third kappa shape index (κ3) is 6.08. The van der Waals surface area contributed by atoms with Crippen LogP contribution in [0, 0.1) is 10.1 Å². The number of hydrazine groups is 1. The molecule has 1 fully saturated rings. The monoisotopic (exact) mass is 365 g/mol. The zero-order valence-electron chi connectivity index (χ0n) is 14.7. The van der Waals surface area contributed by atoms with Gasteiger partial charge in [-0.15, -0.1) is 0 Å². The van der Waals surface area contributed by atoms with Crippen molar-refractivity contribution in [3.63, 3.8) is 0 Å². The predicted octanol–water partition coefficient (Wildman–Crippen LogP) is 1.71. The Morgan fingerprint density at radius 3 is 2.69 bits per heavy atom. The lowest BCUT2D eigenvalue weighted by Gasteiger charge is -2.26. The zero-order valence-corrected chi connectivity index (χ0v) is 14.7. The lowest BCUT2D eigenvalue weighted by atomic mass is 10.1. The van der Waals surface area contributed by atoms with Gasteiger partial charge >= 0.3 is 0 Å². The van der Waals surface area contributed by atoms with E-state index in [1.54, 1.807) is 0 Å². The van der Waals surface area contributed by atoms with Crippen LogP contribution in [0.25, 0.3) is 0 Å². The number of hydrogen-bond acceptors (Lipinski definition) is 7. The fraction of sp³-hybridized carbons (Fsp3) is 0.529. The lowest BCUT2D eigenvalue weighted by molar-refractivity contribution is -0.385. The number of rotatable bonds is 9. The van der Waals surface area contributed by atoms with E-state index in [0.29, 0.717) is 57.9 Å². The molecule has 1 aromatic carbocycles. The van der Waals surface area contributed by atoms with Crippen molar-refractivity contribution in [2.75, 3.05) is 32.9 Å². The van der Waals surface area contributed by atoms with Gasteiger partial charge in [0.05, 0.1) is 30.3 Å². The number of ketones is 1. The van der Waals surface area contributed by atoms with Gasteiger partial charge < -0.3 is 9.47 Å². The molecule has 26 heavy (non-hydrogen) atoms. The van der Waals surface area contributed by atoms with Gasteiger partial charge in [0.25, 0.3) is 5.69 Å². The summed E-state index contributed by atoms with van der Waals surface area (Å²) < 4.78 is 10.7. The van der Waals surface area contributed by atoms with Crippen molar-refractivity contribution in [2.24, 2.45) is 0 Å². The number of hydrogen-bond donors (Lipinski definition) is 1. The number of benzene rings is 1. The molecule has 1 amide bonds. The first-order valence-corrected chi connectivity index (χ1v) is 8.51. The summed E-state index contributed by atoms with van der Waals surface area (Å²) in [5, 5.41) is 12.8. The molecule has 0 spiro atoms. The molecule has 1 N–H and O–H groups in total. The number of ether oxygens (including phenoxy) is 2. The van der Waals surface area contributed by atoms with E-state index in [4.69, 9.17) is 9.47 Å². The maximum atomic E-state index is 11.8. The Balaban J connectivity index is 1.70. The van der Waals surface area contributed by atoms with E-state index in [1.165, 1.54) is 25.1 Å². The molecule has 1 aromatic rings. The van der Waals surface area contributed by atoms with Crippen molar-refractivity contribution in [3.8, 4) is 5.75 Å². The van der Waals surface area contributed by atoms with E-state index < -0.39 is 4.92 Å². The Morgan fingerprint density at radius 1 is 1.31 bits per heavy atom. The molecule has 0 aliphatic carbocycles. The Hall–Kier alpha value is -2.52. The van der Waals surface area contributed by atoms with E-state index in [2.05, 4.69) is 5.43 Å². The van der Waals surface area contributed by atoms with Crippen LogP contribution in [0.4, 0.5) is 5.69 Å². The average molecular weight is 365 g/mol. The standard InChI is InChI=1S/C17H23N3O6/c1-13(21)15-12-14(5-6-16(15)20(23)24)26-9-3-2-4-17(22)18-19-7-10-25-11-8-19/h5-6,12H,2-4,7-11H2,1H3,(H,18,22). The van der Waals surface area contributed by atoms with Gasteiger partial charge in [0, 0.05) is 25.6 Å². The number of amides is 1. The second-order valence-electron chi connectivity index (χ2n) is 5.93. The van der Waals surface area contributed by atoms with Gasteiger partial charge in [0.15, 0.2) is 5.78 Å². The second kappa shape index (κ2) is 9.83. The fourth-order valence-corrected chi connectivity index (χ4v) is 2.53. The highest BCUT2D eigenvalue weighted by molar-refractivity contribution is 5.98. The molecule has 1 heterocycles. The summed E-state index contributed by atoms with van der Waals surface area (Å²) in [7, 11) is 0. The minimum atomic E-state index is -0.590. The molecule has 0 atom stereocenters. The topological polar surface area (TPSA) is 111 Å². The van der Waals surface area contributed by atoms with Gasteiger partial charge in [0.2, 0.25) is 5.91 Å². The summed E-state index contributed by atoms with van der Waals surface area (Å²) in [4.78, 5) is 33.7. The summed E-state index contributed by atoms with van der Waals surface area (Å²) in [5.41, 5.74) is 2.63. The third-order valence-corrected chi connectivity index (χ3v) is 3.90. The van der Waals surface area contributed by atoms with E-state index in [-0.39, 0.29) is 22.9 Å². The average Bonchev–Trinajstić information content (AvgIpc) is 2.62.